The molecule has 35 heavy (non-hydrogen) atoms. The first-order valence-electron chi connectivity index (χ1n) is 11.4. The zero-order valence-corrected chi connectivity index (χ0v) is 22.3. The third kappa shape index (κ3) is 10.6. The first kappa shape index (κ1) is 28.5. The van der Waals surface area contributed by atoms with Gasteiger partial charge in [0.15, 0.2) is 18.3 Å². The fourth-order valence-electron chi connectivity index (χ4n) is 2.91. The molecule has 192 valence electrons. The van der Waals surface area contributed by atoms with Gasteiger partial charge in [-0.25, -0.2) is 0 Å². The number of halogens is 3. The SMILES string of the molecule is COc1cc(/C=C/c2cc(OCC=C(C)C)cc(C(F)(F)F)c2)ccc1OCOCC[Si](C)(C)C. The van der Waals surface area contributed by atoms with Crippen LogP contribution in [-0.2, 0) is 10.9 Å². The molecule has 2 aromatic rings. The van der Waals surface area contributed by atoms with E-state index in [-0.39, 0.29) is 19.1 Å². The van der Waals surface area contributed by atoms with Crippen molar-refractivity contribution in [2.75, 3.05) is 27.1 Å². The van der Waals surface area contributed by atoms with Gasteiger partial charge in [0.25, 0.3) is 0 Å². The number of methoxy groups -OCH3 is 1. The van der Waals surface area contributed by atoms with Gasteiger partial charge in [-0.1, -0.05) is 43.4 Å². The fourth-order valence-corrected chi connectivity index (χ4v) is 3.67. The molecule has 0 radical (unpaired) electrons. The third-order valence-corrected chi connectivity index (χ3v) is 6.65. The second-order valence-corrected chi connectivity index (χ2v) is 15.2. The summed E-state index contributed by atoms with van der Waals surface area (Å²) in [6.45, 7) is 11.6. The van der Waals surface area contributed by atoms with Gasteiger partial charge in [0.2, 0.25) is 0 Å². The second kappa shape index (κ2) is 12.8. The van der Waals surface area contributed by atoms with Crippen LogP contribution in [-0.4, -0.2) is 35.2 Å². The van der Waals surface area contributed by atoms with Crippen LogP contribution in [0.25, 0.3) is 12.2 Å². The number of ether oxygens (including phenoxy) is 4. The summed E-state index contributed by atoms with van der Waals surface area (Å²) in [5, 5.41) is 0. The average Bonchev–Trinajstić information content (AvgIpc) is 2.76. The van der Waals surface area contributed by atoms with Crippen molar-refractivity contribution < 1.29 is 32.1 Å². The fraction of sp³-hybridized carbons (Fsp3) is 0.407. The molecule has 0 aliphatic rings. The Morgan fingerprint density at radius 1 is 0.914 bits per heavy atom. The van der Waals surface area contributed by atoms with Gasteiger partial charge in [-0.2, -0.15) is 13.2 Å². The van der Waals surface area contributed by atoms with Crippen molar-refractivity contribution in [3.05, 3.63) is 64.7 Å². The van der Waals surface area contributed by atoms with E-state index in [2.05, 4.69) is 19.6 Å². The maximum absolute atomic E-state index is 13.4. The summed E-state index contributed by atoms with van der Waals surface area (Å²) in [7, 11) is 0.368. The molecule has 0 aliphatic heterocycles. The number of hydrogen-bond acceptors (Lipinski definition) is 4. The number of rotatable bonds is 12. The zero-order chi connectivity index (χ0) is 26.1. The van der Waals surface area contributed by atoms with E-state index in [1.165, 1.54) is 7.11 Å². The van der Waals surface area contributed by atoms with Crippen LogP contribution in [0.1, 0.15) is 30.5 Å². The lowest BCUT2D eigenvalue weighted by Gasteiger charge is -2.16. The predicted octanol–water partition coefficient (Wildman–Crippen LogP) is 7.92. The monoisotopic (exact) mass is 508 g/mol. The number of hydrogen-bond donors (Lipinski definition) is 0. The maximum Gasteiger partial charge on any atom is 0.416 e. The maximum atomic E-state index is 13.4. The Hall–Kier alpha value is -2.71. The molecule has 2 rings (SSSR count). The molecule has 0 bridgehead atoms. The van der Waals surface area contributed by atoms with E-state index < -0.39 is 19.8 Å². The molecule has 0 spiro atoms. The van der Waals surface area contributed by atoms with Gasteiger partial charge < -0.3 is 18.9 Å². The molecule has 0 fully saturated rings. The van der Waals surface area contributed by atoms with Crippen molar-refractivity contribution >= 4 is 20.2 Å². The lowest BCUT2D eigenvalue weighted by molar-refractivity contribution is -0.137. The molecule has 0 aromatic heterocycles. The van der Waals surface area contributed by atoms with Gasteiger partial charge in [0.05, 0.1) is 12.7 Å². The van der Waals surface area contributed by atoms with E-state index in [1.54, 1.807) is 36.4 Å². The van der Waals surface area contributed by atoms with E-state index in [4.69, 9.17) is 18.9 Å². The van der Waals surface area contributed by atoms with Crippen LogP contribution in [0.2, 0.25) is 25.7 Å². The summed E-state index contributed by atoms with van der Waals surface area (Å²) in [5.74, 6) is 1.20. The van der Waals surface area contributed by atoms with Crippen LogP contribution in [0.15, 0.2) is 48.0 Å². The van der Waals surface area contributed by atoms with Gasteiger partial charge in [-0.15, -0.1) is 0 Å². The van der Waals surface area contributed by atoms with Crippen molar-refractivity contribution in [3.8, 4) is 17.2 Å². The smallest absolute Gasteiger partial charge is 0.416 e. The normalized spacial score (nSPS) is 12.0. The molecule has 0 N–H and O–H groups in total. The van der Waals surface area contributed by atoms with Gasteiger partial charge >= 0.3 is 6.18 Å². The third-order valence-electron chi connectivity index (χ3n) is 4.95. The topological polar surface area (TPSA) is 36.9 Å². The van der Waals surface area contributed by atoms with Crippen molar-refractivity contribution in [1.29, 1.82) is 0 Å². The summed E-state index contributed by atoms with van der Waals surface area (Å²) in [5.41, 5.74) is 1.39. The lowest BCUT2D eigenvalue weighted by atomic mass is 10.1. The minimum Gasteiger partial charge on any atom is -0.493 e. The Balaban J connectivity index is 2.13. The molecule has 0 saturated carbocycles. The van der Waals surface area contributed by atoms with Crippen molar-refractivity contribution in [2.45, 2.75) is 45.7 Å². The average molecular weight is 509 g/mol. The van der Waals surface area contributed by atoms with Crippen LogP contribution in [0, 0.1) is 0 Å². The zero-order valence-electron chi connectivity index (χ0n) is 21.3. The molecular formula is C27H35F3O4Si. The second-order valence-electron chi connectivity index (χ2n) is 9.61. The first-order chi connectivity index (χ1) is 16.4. The van der Waals surface area contributed by atoms with Crippen LogP contribution < -0.4 is 14.2 Å². The molecule has 0 amide bonds. The van der Waals surface area contributed by atoms with Crippen molar-refractivity contribution in [1.82, 2.24) is 0 Å². The van der Waals surface area contributed by atoms with Gasteiger partial charge in [-0.3, -0.25) is 0 Å². The highest BCUT2D eigenvalue weighted by molar-refractivity contribution is 6.76. The Kier molecular flexibility index (Phi) is 10.5. The molecule has 8 heteroatoms. The Morgan fingerprint density at radius 3 is 2.26 bits per heavy atom. The minimum absolute atomic E-state index is 0.121. The first-order valence-corrected chi connectivity index (χ1v) is 15.1. The van der Waals surface area contributed by atoms with Gasteiger partial charge in [-0.05, 0) is 67.4 Å². The molecule has 0 unspecified atom stereocenters. The highest BCUT2D eigenvalue weighted by Gasteiger charge is 2.31. The molecule has 2 aromatic carbocycles. The largest absolute Gasteiger partial charge is 0.493 e. The van der Waals surface area contributed by atoms with Crippen LogP contribution in [0.4, 0.5) is 13.2 Å². The van der Waals surface area contributed by atoms with Crippen molar-refractivity contribution in [3.63, 3.8) is 0 Å². The van der Waals surface area contributed by atoms with E-state index in [9.17, 15) is 13.2 Å². The molecule has 0 heterocycles. The minimum atomic E-state index is -4.47. The number of benzene rings is 2. The Labute approximate surface area is 207 Å². The highest BCUT2D eigenvalue weighted by atomic mass is 28.3. The van der Waals surface area contributed by atoms with E-state index in [1.807, 2.05) is 19.9 Å². The quantitative estimate of drug-likeness (QED) is 0.0959. The summed E-state index contributed by atoms with van der Waals surface area (Å²) >= 11 is 0. The van der Waals surface area contributed by atoms with E-state index in [0.29, 0.717) is 23.7 Å². The summed E-state index contributed by atoms with van der Waals surface area (Å²) in [6, 6.07) is 10.0. The summed E-state index contributed by atoms with van der Waals surface area (Å²) < 4.78 is 62.3. The molecular weight excluding hydrogens is 473 g/mol. The highest BCUT2D eigenvalue weighted by Crippen LogP contribution is 2.34. The molecule has 0 saturated heterocycles. The van der Waals surface area contributed by atoms with Crippen LogP contribution in [0.3, 0.4) is 0 Å². The Morgan fingerprint density at radius 2 is 1.63 bits per heavy atom. The van der Waals surface area contributed by atoms with Gasteiger partial charge in [0.1, 0.15) is 12.4 Å². The van der Waals surface area contributed by atoms with E-state index in [0.717, 1.165) is 29.3 Å². The molecule has 0 aliphatic carbocycles. The lowest BCUT2D eigenvalue weighted by Crippen LogP contribution is -2.22. The molecule has 0 atom stereocenters. The number of alkyl halides is 3. The standard InChI is InChI=1S/C27H35F3O4Si/c1-20(2)11-12-33-24-16-22(15-23(18-24)27(28,29)30)8-7-21-9-10-25(26(17-21)31-3)34-19-32-13-14-35(4,5)6/h7-11,15-18H,12-14,19H2,1-6H3/b8-7+. The van der Waals surface area contributed by atoms with Crippen LogP contribution in [0.5, 0.6) is 17.2 Å². The molecule has 4 nitrogen and oxygen atoms in total. The van der Waals surface area contributed by atoms with Gasteiger partial charge in [0, 0.05) is 14.7 Å². The number of allylic oxidation sites excluding steroid dienone is 1. The summed E-state index contributed by atoms with van der Waals surface area (Å²) in [6.07, 6.45) is 0.658. The summed E-state index contributed by atoms with van der Waals surface area (Å²) in [4.78, 5) is 0. The van der Waals surface area contributed by atoms with Crippen molar-refractivity contribution in [2.24, 2.45) is 0 Å². The predicted molar refractivity (Wildman–Crippen MR) is 138 cm³/mol. The van der Waals surface area contributed by atoms with Crippen LogP contribution >= 0.6 is 0 Å². The Bertz CT molecular complexity index is 1020. The van der Waals surface area contributed by atoms with E-state index >= 15 is 0 Å².